The maximum Gasteiger partial charge on any atom is 0.188 e. The monoisotopic (exact) mass is 277 g/mol. The second-order valence-electron chi connectivity index (χ2n) is 4.19. The Balaban J connectivity index is 2.23. The van der Waals surface area contributed by atoms with Gasteiger partial charge in [-0.1, -0.05) is 30.8 Å². The molecule has 1 aromatic carbocycles. The molecule has 0 amide bonds. The van der Waals surface area contributed by atoms with Gasteiger partial charge in [0.05, 0.1) is 5.25 Å². The highest BCUT2D eigenvalue weighted by molar-refractivity contribution is 7.99. The van der Waals surface area contributed by atoms with E-state index in [4.69, 9.17) is 5.73 Å². The average molecular weight is 277 g/mol. The standard InChI is InChI=1S/C14H16FN3S/c1-2-12(16)13(10-4-6-11(15)7-5-10)19-14-17-8-3-9-18-14/h3-9,12-13H,2,16H2,1H3. The van der Waals surface area contributed by atoms with Gasteiger partial charge in [0.25, 0.3) is 0 Å². The summed E-state index contributed by atoms with van der Waals surface area (Å²) >= 11 is 1.51. The molecule has 1 heterocycles. The first kappa shape index (κ1) is 14.0. The van der Waals surface area contributed by atoms with Crippen molar-refractivity contribution in [2.24, 2.45) is 5.73 Å². The zero-order chi connectivity index (χ0) is 13.7. The molecule has 100 valence electrons. The van der Waals surface area contributed by atoms with E-state index in [1.165, 1.54) is 23.9 Å². The smallest absolute Gasteiger partial charge is 0.188 e. The minimum atomic E-state index is -0.242. The van der Waals surface area contributed by atoms with Gasteiger partial charge in [0.2, 0.25) is 0 Å². The maximum atomic E-state index is 13.0. The van der Waals surface area contributed by atoms with Gasteiger partial charge in [-0.05, 0) is 30.2 Å². The first-order valence-electron chi connectivity index (χ1n) is 6.15. The summed E-state index contributed by atoms with van der Waals surface area (Å²) in [6.07, 6.45) is 4.24. The number of thioether (sulfide) groups is 1. The molecular formula is C14H16FN3S. The van der Waals surface area contributed by atoms with E-state index >= 15 is 0 Å². The van der Waals surface area contributed by atoms with Crippen molar-refractivity contribution < 1.29 is 4.39 Å². The second-order valence-corrected chi connectivity index (χ2v) is 5.30. The topological polar surface area (TPSA) is 51.8 Å². The third kappa shape index (κ3) is 3.75. The first-order chi connectivity index (χ1) is 9.20. The lowest BCUT2D eigenvalue weighted by Crippen LogP contribution is -2.25. The molecule has 2 N–H and O–H groups in total. The fraction of sp³-hybridized carbons (Fsp3) is 0.286. The van der Waals surface area contributed by atoms with E-state index in [0.29, 0.717) is 5.16 Å². The highest BCUT2D eigenvalue weighted by Gasteiger charge is 2.21. The molecule has 0 spiro atoms. The summed E-state index contributed by atoms with van der Waals surface area (Å²) in [5, 5.41) is 0.703. The molecule has 0 aliphatic carbocycles. The molecule has 5 heteroatoms. The lowest BCUT2D eigenvalue weighted by Gasteiger charge is -2.22. The van der Waals surface area contributed by atoms with E-state index in [0.717, 1.165) is 12.0 Å². The van der Waals surface area contributed by atoms with Gasteiger partial charge in [-0.15, -0.1) is 0 Å². The molecule has 2 rings (SSSR count). The Bertz CT molecular complexity index is 504. The van der Waals surface area contributed by atoms with E-state index in [2.05, 4.69) is 9.97 Å². The molecule has 0 bridgehead atoms. The molecule has 19 heavy (non-hydrogen) atoms. The Kier molecular flexibility index (Phi) is 4.87. The largest absolute Gasteiger partial charge is 0.326 e. The second kappa shape index (κ2) is 6.63. The normalized spacial score (nSPS) is 14.1. The van der Waals surface area contributed by atoms with E-state index in [9.17, 15) is 4.39 Å². The quantitative estimate of drug-likeness (QED) is 0.673. The van der Waals surface area contributed by atoms with Gasteiger partial charge in [-0.3, -0.25) is 0 Å². The molecule has 0 saturated carbocycles. The lowest BCUT2D eigenvalue weighted by atomic mass is 10.0. The van der Waals surface area contributed by atoms with Gasteiger partial charge in [-0.2, -0.15) is 0 Å². The Morgan fingerprint density at radius 3 is 2.42 bits per heavy atom. The summed E-state index contributed by atoms with van der Waals surface area (Å²) in [6.45, 7) is 2.04. The van der Waals surface area contributed by atoms with Gasteiger partial charge >= 0.3 is 0 Å². The zero-order valence-electron chi connectivity index (χ0n) is 10.7. The van der Waals surface area contributed by atoms with Crippen LogP contribution in [0.5, 0.6) is 0 Å². The van der Waals surface area contributed by atoms with Crippen molar-refractivity contribution in [2.75, 3.05) is 0 Å². The van der Waals surface area contributed by atoms with Crippen molar-refractivity contribution in [1.82, 2.24) is 9.97 Å². The number of rotatable bonds is 5. The number of nitrogens with two attached hydrogens (primary N) is 1. The number of nitrogens with zero attached hydrogens (tertiary/aromatic N) is 2. The number of halogens is 1. The predicted octanol–water partition coefficient (Wildman–Crippen LogP) is 3.19. The summed E-state index contributed by atoms with van der Waals surface area (Å²) in [6, 6.07) is 8.20. The van der Waals surface area contributed by atoms with Crippen LogP contribution in [0.3, 0.4) is 0 Å². The van der Waals surface area contributed by atoms with Gasteiger partial charge in [0, 0.05) is 18.4 Å². The zero-order valence-corrected chi connectivity index (χ0v) is 11.5. The minimum absolute atomic E-state index is 0.0213. The summed E-state index contributed by atoms with van der Waals surface area (Å²) < 4.78 is 13.0. The van der Waals surface area contributed by atoms with Gasteiger partial charge in [0.15, 0.2) is 5.16 Å². The number of hydrogen-bond acceptors (Lipinski definition) is 4. The predicted molar refractivity (Wildman–Crippen MR) is 75.3 cm³/mol. The number of aromatic nitrogens is 2. The molecule has 2 aromatic rings. The van der Waals surface area contributed by atoms with Crippen LogP contribution >= 0.6 is 11.8 Å². The molecule has 0 radical (unpaired) electrons. The third-order valence-corrected chi connectivity index (χ3v) is 4.13. The van der Waals surface area contributed by atoms with Gasteiger partial charge in [-0.25, -0.2) is 14.4 Å². The highest BCUT2D eigenvalue weighted by Crippen LogP contribution is 2.36. The highest BCUT2D eigenvalue weighted by atomic mass is 32.2. The van der Waals surface area contributed by atoms with Crippen LogP contribution in [0.15, 0.2) is 47.9 Å². The number of hydrogen-bond donors (Lipinski definition) is 1. The van der Waals surface area contributed by atoms with Gasteiger partial charge < -0.3 is 5.73 Å². The molecule has 1 aromatic heterocycles. The average Bonchev–Trinajstić information content (AvgIpc) is 2.46. The van der Waals surface area contributed by atoms with E-state index in [1.54, 1.807) is 30.6 Å². The SMILES string of the molecule is CCC(N)C(Sc1ncccn1)c1ccc(F)cc1. The third-order valence-electron chi connectivity index (χ3n) is 2.83. The van der Waals surface area contributed by atoms with E-state index < -0.39 is 0 Å². The molecule has 2 atom stereocenters. The summed E-state index contributed by atoms with van der Waals surface area (Å²) in [7, 11) is 0. The van der Waals surface area contributed by atoms with E-state index in [1.807, 2.05) is 6.92 Å². The van der Waals surface area contributed by atoms with Crippen molar-refractivity contribution in [3.05, 3.63) is 54.1 Å². The minimum Gasteiger partial charge on any atom is -0.326 e. The molecular weight excluding hydrogens is 261 g/mol. The van der Waals surface area contributed by atoms with Crippen LogP contribution in [0.25, 0.3) is 0 Å². The Morgan fingerprint density at radius 1 is 1.21 bits per heavy atom. The molecule has 0 aliphatic heterocycles. The van der Waals surface area contributed by atoms with Crippen LogP contribution in [-0.2, 0) is 0 Å². The van der Waals surface area contributed by atoms with Crippen molar-refractivity contribution in [3.63, 3.8) is 0 Å². The van der Waals surface area contributed by atoms with Crippen molar-refractivity contribution in [3.8, 4) is 0 Å². The summed E-state index contributed by atoms with van der Waals surface area (Å²) in [4.78, 5) is 8.40. The van der Waals surface area contributed by atoms with Crippen LogP contribution in [0, 0.1) is 5.82 Å². The molecule has 3 nitrogen and oxygen atoms in total. The molecule has 0 fully saturated rings. The fourth-order valence-corrected chi connectivity index (χ4v) is 2.86. The summed E-state index contributed by atoms with van der Waals surface area (Å²) in [5.74, 6) is -0.242. The summed E-state index contributed by atoms with van der Waals surface area (Å²) in [5.41, 5.74) is 7.16. The maximum absolute atomic E-state index is 13.0. The Hall–Kier alpha value is -1.46. The van der Waals surface area contributed by atoms with Crippen LogP contribution in [0.1, 0.15) is 24.2 Å². The van der Waals surface area contributed by atoms with E-state index in [-0.39, 0.29) is 17.1 Å². The van der Waals surface area contributed by atoms with Crippen LogP contribution in [0.2, 0.25) is 0 Å². The van der Waals surface area contributed by atoms with Crippen molar-refractivity contribution >= 4 is 11.8 Å². The van der Waals surface area contributed by atoms with Crippen molar-refractivity contribution in [1.29, 1.82) is 0 Å². The Labute approximate surface area is 116 Å². The molecule has 0 aliphatic rings. The van der Waals surface area contributed by atoms with Crippen molar-refractivity contribution in [2.45, 2.75) is 29.8 Å². The number of benzene rings is 1. The van der Waals surface area contributed by atoms with Crippen LogP contribution in [-0.4, -0.2) is 16.0 Å². The molecule has 0 saturated heterocycles. The molecule has 2 unspecified atom stereocenters. The fourth-order valence-electron chi connectivity index (χ4n) is 1.73. The van der Waals surface area contributed by atoms with Crippen LogP contribution < -0.4 is 5.73 Å². The lowest BCUT2D eigenvalue weighted by molar-refractivity contribution is 0.617. The van der Waals surface area contributed by atoms with Gasteiger partial charge in [0.1, 0.15) is 5.82 Å². The Morgan fingerprint density at radius 2 is 1.84 bits per heavy atom. The first-order valence-corrected chi connectivity index (χ1v) is 7.03. The van der Waals surface area contributed by atoms with Crippen LogP contribution in [0.4, 0.5) is 4.39 Å².